The van der Waals surface area contributed by atoms with E-state index in [1.54, 1.807) is 0 Å². The first-order valence-corrected chi connectivity index (χ1v) is 17.5. The van der Waals surface area contributed by atoms with Crippen LogP contribution in [0.2, 0.25) is 10.0 Å². The smallest absolute Gasteiger partial charge is 0.261 e. The fourth-order valence-corrected chi connectivity index (χ4v) is 6.10. The highest BCUT2D eigenvalue weighted by Crippen LogP contribution is 2.44. The summed E-state index contributed by atoms with van der Waals surface area (Å²) in [7, 11) is -7.33. The molecule has 3 aromatic rings. The minimum absolute atomic E-state index is 0.350. The zero-order valence-electron chi connectivity index (χ0n) is 22.1. The molecule has 2 aliphatic rings. The fourth-order valence-electron chi connectivity index (χ4n) is 4.52. The second kappa shape index (κ2) is 14.5. The van der Waals surface area contributed by atoms with Gasteiger partial charge in [-0.3, -0.25) is 18.9 Å². The minimum Gasteiger partial charge on any atom is -0.297 e. The molecule has 0 amide bonds. The van der Waals surface area contributed by atoms with Crippen molar-refractivity contribution in [2.24, 2.45) is 0 Å². The van der Waals surface area contributed by atoms with Gasteiger partial charge in [0.15, 0.2) is 0 Å². The Hall–Kier alpha value is -1.67. The molecular formula is C27H32Cl2N2O6S3. The van der Waals surface area contributed by atoms with Crippen LogP contribution in [0.25, 0.3) is 0 Å². The number of piperazine rings is 1. The zero-order chi connectivity index (χ0) is 29.5. The average Bonchev–Trinajstić information content (AvgIpc) is 2.99. The highest BCUT2D eigenvalue weighted by atomic mass is 35.5. The molecule has 1 unspecified atom stereocenters. The Morgan fingerprint density at radius 2 is 1.35 bits per heavy atom. The van der Waals surface area contributed by atoms with Crippen molar-refractivity contribution in [2.45, 2.75) is 28.8 Å². The molecule has 0 bridgehead atoms. The van der Waals surface area contributed by atoms with Crippen molar-refractivity contribution in [2.75, 3.05) is 38.7 Å². The summed E-state index contributed by atoms with van der Waals surface area (Å²) in [5.41, 5.74) is 4.10. The summed E-state index contributed by atoms with van der Waals surface area (Å²) in [5.74, 6) is 0. The van der Waals surface area contributed by atoms with Gasteiger partial charge in [0.1, 0.15) is 0 Å². The third kappa shape index (κ3) is 11.7. The Morgan fingerprint density at radius 3 is 1.95 bits per heavy atom. The third-order valence-corrected chi connectivity index (χ3v) is 7.75. The molecule has 2 N–H and O–H groups in total. The van der Waals surface area contributed by atoms with Gasteiger partial charge in [-0.2, -0.15) is 16.8 Å². The number of nitrogens with zero attached hydrogens (tertiary/aromatic N) is 2. The van der Waals surface area contributed by atoms with E-state index in [4.69, 9.17) is 32.3 Å². The van der Waals surface area contributed by atoms with Crippen LogP contribution in [0.3, 0.4) is 0 Å². The minimum atomic E-state index is -3.67. The first-order chi connectivity index (χ1) is 18.7. The number of hydrogen-bond donors (Lipinski definition) is 2. The Balaban J connectivity index is 0.000000381. The van der Waals surface area contributed by atoms with E-state index < -0.39 is 20.2 Å². The molecule has 3 aromatic carbocycles. The lowest BCUT2D eigenvalue weighted by Gasteiger charge is -2.39. The lowest BCUT2D eigenvalue weighted by atomic mass is 9.96. The third-order valence-electron chi connectivity index (χ3n) is 6.09. The first-order valence-electron chi connectivity index (χ1n) is 12.3. The summed E-state index contributed by atoms with van der Waals surface area (Å²) in [6, 6.07) is 23.8. The molecule has 0 saturated carbocycles. The maximum absolute atomic E-state index is 9.19. The van der Waals surface area contributed by atoms with E-state index in [9.17, 15) is 16.8 Å². The summed E-state index contributed by atoms with van der Waals surface area (Å²) in [4.78, 5) is 7.75. The van der Waals surface area contributed by atoms with Gasteiger partial charge in [-0.25, -0.2) is 0 Å². The quantitative estimate of drug-likeness (QED) is 0.352. The molecule has 2 heterocycles. The Labute approximate surface area is 250 Å². The summed E-state index contributed by atoms with van der Waals surface area (Å²) in [6.07, 6.45) is 2.41. The van der Waals surface area contributed by atoms with Gasteiger partial charge in [0.05, 0.1) is 12.5 Å². The lowest BCUT2D eigenvalue weighted by Crippen LogP contribution is -2.47. The van der Waals surface area contributed by atoms with Crippen LogP contribution in [0.1, 0.15) is 22.7 Å². The van der Waals surface area contributed by atoms with Crippen LogP contribution in [0.5, 0.6) is 0 Å². The molecule has 218 valence electrons. The molecule has 13 heteroatoms. The number of halogens is 2. The van der Waals surface area contributed by atoms with Crippen molar-refractivity contribution < 1.29 is 25.9 Å². The molecule has 2 aliphatic heterocycles. The molecule has 8 nitrogen and oxygen atoms in total. The van der Waals surface area contributed by atoms with Crippen molar-refractivity contribution in [3.63, 3.8) is 0 Å². The van der Waals surface area contributed by atoms with Gasteiger partial charge >= 0.3 is 0 Å². The van der Waals surface area contributed by atoms with E-state index in [0.29, 0.717) is 18.6 Å². The van der Waals surface area contributed by atoms with Gasteiger partial charge in [0.2, 0.25) is 0 Å². The Kier molecular flexibility index (Phi) is 11.9. The zero-order valence-corrected chi connectivity index (χ0v) is 26.0. The monoisotopic (exact) mass is 646 g/mol. The van der Waals surface area contributed by atoms with Gasteiger partial charge in [0.25, 0.3) is 20.2 Å². The first kappa shape index (κ1) is 32.8. The van der Waals surface area contributed by atoms with E-state index in [1.165, 1.54) is 26.5 Å². The number of rotatable bonds is 3. The summed E-state index contributed by atoms with van der Waals surface area (Å²) in [5, 5.41) is 1.61. The lowest BCUT2D eigenvalue weighted by molar-refractivity contribution is 0.0902. The number of fused-ring (bicyclic) bond motifs is 2. The topological polar surface area (TPSA) is 115 Å². The fraction of sp³-hybridized carbons (Fsp3) is 0.333. The Bertz CT molecular complexity index is 1450. The molecule has 0 aliphatic carbocycles. The van der Waals surface area contributed by atoms with Gasteiger partial charge in [-0.15, -0.1) is 0 Å². The second-order valence-electron chi connectivity index (χ2n) is 9.52. The number of hydrogen-bond acceptors (Lipinski definition) is 7. The van der Waals surface area contributed by atoms with E-state index in [0.717, 1.165) is 49.2 Å². The molecule has 1 saturated heterocycles. The molecule has 40 heavy (non-hydrogen) atoms. The van der Waals surface area contributed by atoms with Crippen LogP contribution in [-0.2, 0) is 33.2 Å². The van der Waals surface area contributed by atoms with Crippen LogP contribution in [0.15, 0.2) is 76.5 Å². The predicted molar refractivity (Wildman–Crippen MR) is 162 cm³/mol. The summed E-state index contributed by atoms with van der Waals surface area (Å²) >= 11 is 14.5. The normalized spacial score (nSPS) is 17.7. The molecular weight excluding hydrogens is 615 g/mol. The van der Waals surface area contributed by atoms with Crippen molar-refractivity contribution in [3.05, 3.63) is 93.5 Å². The van der Waals surface area contributed by atoms with Gasteiger partial charge in [-0.1, -0.05) is 71.4 Å². The van der Waals surface area contributed by atoms with Crippen LogP contribution < -0.4 is 0 Å². The van der Waals surface area contributed by atoms with E-state index >= 15 is 0 Å². The highest BCUT2D eigenvalue weighted by Gasteiger charge is 2.30. The molecule has 1 fully saturated rings. The standard InChI is InChI=1S/C25H24Cl2N2S.2CH4O3S/c26-20-7-9-24-19(14-20)15-23(22-8-6-21(27)16-25(22)30-24)29-12-10-28(11-13-29)17-18-4-2-1-3-5-18;2*1-5(2,3)4/h1-9,14,16,23H,10-13,15,17H2;2*1H3,(H,2,3,4). The number of benzene rings is 3. The highest BCUT2D eigenvalue weighted by molar-refractivity contribution is 7.99. The van der Waals surface area contributed by atoms with Gasteiger partial charge in [-0.05, 0) is 53.4 Å². The van der Waals surface area contributed by atoms with Crippen LogP contribution in [0.4, 0.5) is 0 Å². The van der Waals surface area contributed by atoms with Crippen molar-refractivity contribution in [1.29, 1.82) is 0 Å². The van der Waals surface area contributed by atoms with E-state index in [-0.39, 0.29) is 0 Å². The summed E-state index contributed by atoms with van der Waals surface area (Å²) in [6.45, 7) is 5.34. The van der Waals surface area contributed by atoms with Crippen molar-refractivity contribution in [1.82, 2.24) is 9.80 Å². The predicted octanol–water partition coefficient (Wildman–Crippen LogP) is 5.57. The molecule has 5 rings (SSSR count). The summed E-state index contributed by atoms with van der Waals surface area (Å²) < 4.78 is 51.7. The maximum Gasteiger partial charge on any atom is 0.261 e. The molecule has 0 radical (unpaired) electrons. The van der Waals surface area contributed by atoms with Crippen molar-refractivity contribution in [3.8, 4) is 0 Å². The molecule has 0 aromatic heterocycles. The van der Waals surface area contributed by atoms with E-state index in [2.05, 4.69) is 64.4 Å². The largest absolute Gasteiger partial charge is 0.297 e. The maximum atomic E-state index is 9.19. The molecule has 0 spiro atoms. The van der Waals surface area contributed by atoms with Gasteiger partial charge < -0.3 is 0 Å². The van der Waals surface area contributed by atoms with Crippen LogP contribution >= 0.6 is 35.0 Å². The second-order valence-corrected chi connectivity index (χ2v) is 14.4. The SMILES string of the molecule is CS(=O)(=O)O.CS(=O)(=O)O.Clc1ccc2c(c1)CC(N1CCN(Cc3ccccc3)CC1)c1ccc(Cl)cc1S2. The van der Waals surface area contributed by atoms with Crippen LogP contribution in [0, 0.1) is 0 Å². The molecule has 1 atom stereocenters. The van der Waals surface area contributed by atoms with E-state index in [1.807, 2.05) is 23.9 Å². The average molecular weight is 648 g/mol. The van der Waals surface area contributed by atoms with Gasteiger partial charge in [0, 0.05) is 58.6 Å². The van der Waals surface area contributed by atoms with Crippen molar-refractivity contribution >= 4 is 55.2 Å². The Morgan fingerprint density at radius 1 is 0.800 bits per heavy atom. The van der Waals surface area contributed by atoms with Crippen LogP contribution in [-0.4, -0.2) is 74.4 Å².